The molecule has 22 heavy (non-hydrogen) atoms. The highest BCUT2D eigenvalue weighted by molar-refractivity contribution is 5.63. The van der Waals surface area contributed by atoms with Crippen molar-refractivity contribution in [3.8, 4) is 17.1 Å². The van der Waals surface area contributed by atoms with Gasteiger partial charge in [-0.25, -0.2) is 9.97 Å². The van der Waals surface area contributed by atoms with E-state index in [0.717, 1.165) is 36.4 Å². The summed E-state index contributed by atoms with van der Waals surface area (Å²) in [5.41, 5.74) is 3.92. The van der Waals surface area contributed by atoms with Crippen LogP contribution in [-0.2, 0) is 6.54 Å². The lowest BCUT2D eigenvalue weighted by molar-refractivity contribution is 0.400. The summed E-state index contributed by atoms with van der Waals surface area (Å²) in [6, 6.07) is 8.41. The number of nitrogens with one attached hydrogen (secondary N) is 1. The lowest BCUT2D eigenvalue weighted by atomic mass is 10.1. The second-order valence-corrected chi connectivity index (χ2v) is 5.17. The summed E-state index contributed by atoms with van der Waals surface area (Å²) in [5, 5.41) is 3.42. The van der Waals surface area contributed by atoms with Crippen molar-refractivity contribution in [3.63, 3.8) is 0 Å². The summed E-state index contributed by atoms with van der Waals surface area (Å²) in [4.78, 5) is 8.83. The fourth-order valence-corrected chi connectivity index (χ4v) is 2.43. The van der Waals surface area contributed by atoms with Crippen LogP contribution in [0, 0.1) is 0 Å². The van der Waals surface area contributed by atoms with Crippen molar-refractivity contribution in [3.05, 3.63) is 48.4 Å². The molecule has 5 heteroatoms. The molecular weight excluding hydrogens is 276 g/mol. The summed E-state index contributed by atoms with van der Waals surface area (Å²) in [7, 11) is 1.62. The molecule has 3 aromatic rings. The minimum atomic E-state index is 0.539. The van der Waals surface area contributed by atoms with Crippen LogP contribution in [0.15, 0.2) is 42.9 Å². The summed E-state index contributed by atoms with van der Waals surface area (Å²) in [6.45, 7) is 4.06. The zero-order chi connectivity index (χ0) is 15.4. The number of methoxy groups -OCH3 is 1. The molecule has 3 rings (SSSR count). The SMILES string of the molecule is CCCNCc1cccc(-c2cn3ccnc3c(OC)n2)c1. The molecule has 0 bridgehead atoms. The van der Waals surface area contributed by atoms with E-state index in [1.54, 1.807) is 13.3 Å². The number of ether oxygens (including phenoxy) is 1. The van der Waals surface area contributed by atoms with Crippen LogP contribution in [0.2, 0.25) is 0 Å². The molecule has 0 fully saturated rings. The molecule has 0 saturated carbocycles. The fourth-order valence-electron chi connectivity index (χ4n) is 2.43. The lowest BCUT2D eigenvalue weighted by Crippen LogP contribution is -2.13. The number of imidazole rings is 1. The lowest BCUT2D eigenvalue weighted by Gasteiger charge is -2.08. The van der Waals surface area contributed by atoms with E-state index < -0.39 is 0 Å². The highest BCUT2D eigenvalue weighted by Crippen LogP contribution is 2.23. The van der Waals surface area contributed by atoms with Gasteiger partial charge in [-0.1, -0.05) is 25.1 Å². The van der Waals surface area contributed by atoms with Gasteiger partial charge in [-0.15, -0.1) is 0 Å². The van der Waals surface area contributed by atoms with Crippen molar-refractivity contribution in [2.45, 2.75) is 19.9 Å². The second-order valence-electron chi connectivity index (χ2n) is 5.17. The first-order valence-electron chi connectivity index (χ1n) is 7.49. The number of hydrogen-bond donors (Lipinski definition) is 1. The Bertz CT molecular complexity index is 766. The van der Waals surface area contributed by atoms with E-state index in [9.17, 15) is 0 Å². The molecule has 2 heterocycles. The van der Waals surface area contributed by atoms with Crippen LogP contribution in [0.25, 0.3) is 16.9 Å². The first-order chi connectivity index (χ1) is 10.8. The van der Waals surface area contributed by atoms with E-state index in [1.807, 2.05) is 16.8 Å². The molecule has 2 aromatic heterocycles. The Morgan fingerprint density at radius 2 is 2.23 bits per heavy atom. The highest BCUT2D eigenvalue weighted by Gasteiger charge is 2.09. The van der Waals surface area contributed by atoms with Crippen LogP contribution in [0.1, 0.15) is 18.9 Å². The van der Waals surface area contributed by atoms with Crippen LogP contribution in [0.3, 0.4) is 0 Å². The van der Waals surface area contributed by atoms with Crippen molar-refractivity contribution < 1.29 is 4.74 Å². The fraction of sp³-hybridized carbons (Fsp3) is 0.294. The first-order valence-corrected chi connectivity index (χ1v) is 7.49. The molecule has 0 spiro atoms. The van der Waals surface area contributed by atoms with Gasteiger partial charge < -0.3 is 14.5 Å². The average Bonchev–Trinajstić information content (AvgIpc) is 3.03. The van der Waals surface area contributed by atoms with E-state index in [1.165, 1.54) is 5.56 Å². The Labute approximate surface area is 130 Å². The third-order valence-corrected chi connectivity index (χ3v) is 3.52. The average molecular weight is 296 g/mol. The summed E-state index contributed by atoms with van der Waals surface area (Å²) in [5.74, 6) is 0.539. The monoisotopic (exact) mass is 296 g/mol. The number of rotatable bonds is 6. The molecule has 1 N–H and O–H groups in total. The molecule has 0 unspecified atom stereocenters. The van der Waals surface area contributed by atoms with Crippen LogP contribution < -0.4 is 10.1 Å². The van der Waals surface area contributed by atoms with E-state index in [2.05, 4.69) is 46.5 Å². The Hall–Kier alpha value is -2.40. The standard InChI is InChI=1S/C17H20N4O/c1-3-7-18-11-13-5-4-6-14(10-13)15-12-21-9-8-19-16(21)17(20-15)22-2/h4-6,8-10,12,18H,3,7,11H2,1-2H3. The zero-order valence-corrected chi connectivity index (χ0v) is 12.9. The number of benzene rings is 1. The highest BCUT2D eigenvalue weighted by atomic mass is 16.5. The van der Waals surface area contributed by atoms with Gasteiger partial charge in [0.15, 0.2) is 5.65 Å². The summed E-state index contributed by atoms with van der Waals surface area (Å²) in [6.07, 6.45) is 6.75. The first kappa shape index (κ1) is 14.5. The predicted molar refractivity (Wildman–Crippen MR) is 87.0 cm³/mol. The smallest absolute Gasteiger partial charge is 0.258 e. The van der Waals surface area contributed by atoms with E-state index in [4.69, 9.17) is 4.74 Å². The molecular formula is C17H20N4O. The molecule has 5 nitrogen and oxygen atoms in total. The maximum atomic E-state index is 5.35. The minimum Gasteiger partial charge on any atom is -0.478 e. The van der Waals surface area contributed by atoms with Gasteiger partial charge in [0.05, 0.1) is 12.8 Å². The van der Waals surface area contributed by atoms with Crippen LogP contribution >= 0.6 is 0 Å². The van der Waals surface area contributed by atoms with Crippen molar-refractivity contribution in [1.29, 1.82) is 0 Å². The van der Waals surface area contributed by atoms with Gasteiger partial charge in [0, 0.05) is 30.7 Å². The Morgan fingerprint density at radius 1 is 1.32 bits per heavy atom. The Kier molecular flexibility index (Phi) is 4.34. The molecule has 114 valence electrons. The molecule has 0 radical (unpaired) electrons. The van der Waals surface area contributed by atoms with Crippen molar-refractivity contribution in [2.75, 3.05) is 13.7 Å². The third kappa shape index (κ3) is 2.94. The van der Waals surface area contributed by atoms with E-state index in [0.29, 0.717) is 5.88 Å². The molecule has 0 atom stereocenters. The zero-order valence-electron chi connectivity index (χ0n) is 12.9. The van der Waals surface area contributed by atoms with Gasteiger partial charge in [0.1, 0.15) is 0 Å². The second kappa shape index (κ2) is 6.58. The number of nitrogens with zero attached hydrogens (tertiary/aromatic N) is 3. The van der Waals surface area contributed by atoms with Gasteiger partial charge in [0.2, 0.25) is 0 Å². The Morgan fingerprint density at radius 3 is 3.05 bits per heavy atom. The van der Waals surface area contributed by atoms with Crippen LogP contribution in [0.5, 0.6) is 5.88 Å². The van der Waals surface area contributed by atoms with Crippen LogP contribution in [-0.4, -0.2) is 28.0 Å². The van der Waals surface area contributed by atoms with Gasteiger partial charge in [0.25, 0.3) is 5.88 Å². The number of aromatic nitrogens is 3. The molecule has 0 amide bonds. The molecule has 0 aliphatic heterocycles. The van der Waals surface area contributed by atoms with Crippen molar-refractivity contribution in [2.24, 2.45) is 0 Å². The predicted octanol–water partition coefficient (Wildman–Crippen LogP) is 2.90. The van der Waals surface area contributed by atoms with Crippen molar-refractivity contribution in [1.82, 2.24) is 19.7 Å². The summed E-state index contributed by atoms with van der Waals surface area (Å²) < 4.78 is 7.28. The maximum absolute atomic E-state index is 5.35. The topological polar surface area (TPSA) is 51.5 Å². The molecule has 0 aliphatic rings. The molecule has 1 aromatic carbocycles. The molecule has 0 aliphatic carbocycles. The van der Waals surface area contributed by atoms with Gasteiger partial charge in [-0.2, -0.15) is 0 Å². The minimum absolute atomic E-state index is 0.539. The quantitative estimate of drug-likeness (QED) is 0.711. The maximum Gasteiger partial charge on any atom is 0.258 e. The van der Waals surface area contributed by atoms with E-state index >= 15 is 0 Å². The Balaban J connectivity index is 1.94. The normalized spacial score (nSPS) is 11.0. The van der Waals surface area contributed by atoms with Gasteiger partial charge in [-0.05, 0) is 24.6 Å². The van der Waals surface area contributed by atoms with Gasteiger partial charge >= 0.3 is 0 Å². The number of fused-ring (bicyclic) bond motifs is 1. The largest absolute Gasteiger partial charge is 0.478 e. The van der Waals surface area contributed by atoms with E-state index in [-0.39, 0.29) is 0 Å². The summed E-state index contributed by atoms with van der Waals surface area (Å²) >= 11 is 0. The van der Waals surface area contributed by atoms with Crippen LogP contribution in [0.4, 0.5) is 0 Å². The van der Waals surface area contributed by atoms with Gasteiger partial charge in [-0.3, -0.25) is 0 Å². The third-order valence-electron chi connectivity index (χ3n) is 3.52. The molecule has 0 saturated heterocycles. The number of hydrogen-bond acceptors (Lipinski definition) is 4. The van der Waals surface area contributed by atoms with Crippen molar-refractivity contribution >= 4 is 5.65 Å².